The molecular weight excluding hydrogens is 492 g/mol. The third-order valence-corrected chi connectivity index (χ3v) is 7.07. The van der Waals surface area contributed by atoms with Gasteiger partial charge >= 0.3 is 0 Å². The van der Waals surface area contributed by atoms with E-state index in [0.29, 0.717) is 28.7 Å². The molecule has 0 radical (unpaired) electrons. The number of halogens is 3. The normalized spacial score (nSPS) is 17.8. The second-order valence-corrected chi connectivity index (χ2v) is 10.5. The average Bonchev–Trinajstić information content (AvgIpc) is 2.79. The molecule has 35 heavy (non-hydrogen) atoms. The summed E-state index contributed by atoms with van der Waals surface area (Å²) in [5, 5.41) is 4.17. The first-order chi connectivity index (χ1) is 16.6. The van der Waals surface area contributed by atoms with Crippen molar-refractivity contribution in [3.63, 3.8) is 0 Å². The van der Waals surface area contributed by atoms with E-state index in [2.05, 4.69) is 26.7 Å². The zero-order valence-electron chi connectivity index (χ0n) is 19.8. The maximum atomic E-state index is 14.1. The molecule has 1 spiro atoms. The molecule has 0 atom stereocenters. The lowest BCUT2D eigenvalue weighted by molar-refractivity contribution is 0.0501. The maximum absolute atomic E-state index is 14.1. The largest absolute Gasteiger partial charge is 0.355 e. The first-order valence-electron chi connectivity index (χ1n) is 11.4. The van der Waals surface area contributed by atoms with Gasteiger partial charge in [-0.2, -0.15) is 0 Å². The summed E-state index contributed by atoms with van der Waals surface area (Å²) >= 11 is 12.2. The van der Waals surface area contributed by atoms with Gasteiger partial charge in [0, 0.05) is 49.5 Å². The molecule has 10 heteroatoms. The number of oxime groups is 1. The molecule has 0 aliphatic carbocycles. The lowest BCUT2D eigenvalue weighted by atomic mass is 9.72. The lowest BCUT2D eigenvalue weighted by Gasteiger charge is -2.54. The van der Waals surface area contributed by atoms with Crippen LogP contribution in [0.5, 0.6) is 0 Å². The molecule has 0 saturated carbocycles. The Morgan fingerprint density at radius 2 is 1.94 bits per heavy atom. The zero-order chi connectivity index (χ0) is 25.2. The van der Waals surface area contributed by atoms with Crippen molar-refractivity contribution in [3.8, 4) is 0 Å². The van der Waals surface area contributed by atoms with Crippen molar-refractivity contribution in [3.05, 3.63) is 57.7 Å². The fraction of sp³-hybridized carbons (Fsp3) is 0.440. The highest BCUT2D eigenvalue weighted by Gasteiger charge is 2.46. The topological polar surface area (TPSA) is 70.4 Å². The van der Waals surface area contributed by atoms with Gasteiger partial charge in [-0.1, -0.05) is 34.4 Å². The molecule has 2 saturated heterocycles. The number of carbonyl (C=O) groups is 1. The summed E-state index contributed by atoms with van der Waals surface area (Å²) in [7, 11) is 0. The molecule has 1 aromatic carbocycles. The molecule has 3 heterocycles. The number of hydrogen-bond donors (Lipinski definition) is 0. The number of benzene rings is 1. The fourth-order valence-electron chi connectivity index (χ4n) is 4.51. The van der Waals surface area contributed by atoms with E-state index in [9.17, 15) is 9.18 Å². The number of nitrogens with zero attached hydrogens (tertiary/aromatic N) is 5. The van der Waals surface area contributed by atoms with E-state index >= 15 is 0 Å². The molecule has 0 N–H and O–H groups in total. The maximum Gasteiger partial charge on any atom is 0.257 e. The molecule has 2 aliphatic rings. The molecular formula is C25H28Cl2FN5O2. The van der Waals surface area contributed by atoms with Crippen LogP contribution in [0.3, 0.4) is 0 Å². The van der Waals surface area contributed by atoms with Crippen LogP contribution in [0.25, 0.3) is 0 Å². The molecule has 0 bridgehead atoms. The smallest absolute Gasteiger partial charge is 0.257 e. The van der Waals surface area contributed by atoms with E-state index in [1.807, 2.05) is 17.0 Å². The summed E-state index contributed by atoms with van der Waals surface area (Å²) in [5.41, 5.74) is -0.222. The zero-order valence-corrected chi connectivity index (χ0v) is 21.3. The van der Waals surface area contributed by atoms with Gasteiger partial charge in [0.1, 0.15) is 5.82 Å². The summed E-state index contributed by atoms with van der Waals surface area (Å²) in [6.45, 7) is 9.36. The number of hydrogen-bond acceptors (Lipinski definition) is 6. The molecule has 0 unspecified atom stereocenters. The molecule has 2 fully saturated rings. The number of alkyl halides is 1. The van der Waals surface area contributed by atoms with Gasteiger partial charge in [-0.25, -0.2) is 14.4 Å². The van der Waals surface area contributed by atoms with Crippen LogP contribution in [-0.2, 0) is 11.4 Å². The minimum atomic E-state index is -1.75. The number of anilines is 1. The Bertz CT molecular complexity index is 1120. The fourth-order valence-corrected chi connectivity index (χ4v) is 5.00. The molecule has 7 nitrogen and oxygen atoms in total. The van der Waals surface area contributed by atoms with Crippen LogP contribution in [0.4, 0.5) is 10.2 Å². The van der Waals surface area contributed by atoms with Crippen molar-refractivity contribution in [2.75, 3.05) is 31.1 Å². The van der Waals surface area contributed by atoms with Gasteiger partial charge in [-0.15, -0.1) is 0 Å². The van der Waals surface area contributed by atoms with Crippen LogP contribution in [0.2, 0.25) is 10.0 Å². The van der Waals surface area contributed by atoms with Gasteiger partial charge < -0.3 is 14.6 Å². The summed E-state index contributed by atoms with van der Waals surface area (Å²) in [6.07, 6.45) is 3.61. The lowest BCUT2D eigenvalue weighted by Crippen LogP contribution is -2.61. The number of likely N-dealkylation sites (tertiary alicyclic amines) is 1. The van der Waals surface area contributed by atoms with Crippen LogP contribution < -0.4 is 4.90 Å². The van der Waals surface area contributed by atoms with Gasteiger partial charge in [0.05, 0.1) is 17.1 Å². The highest BCUT2D eigenvalue weighted by atomic mass is 35.5. The molecule has 4 rings (SSSR count). The van der Waals surface area contributed by atoms with E-state index in [4.69, 9.17) is 28.0 Å². The van der Waals surface area contributed by atoms with Gasteiger partial charge in [0.15, 0.2) is 5.67 Å². The van der Waals surface area contributed by atoms with E-state index in [1.54, 1.807) is 24.4 Å². The van der Waals surface area contributed by atoms with Gasteiger partial charge in [-0.05, 0) is 56.5 Å². The minimum Gasteiger partial charge on any atom is -0.355 e. The second-order valence-electron chi connectivity index (χ2n) is 9.61. The Morgan fingerprint density at radius 1 is 1.23 bits per heavy atom. The van der Waals surface area contributed by atoms with Crippen molar-refractivity contribution in [1.82, 2.24) is 9.88 Å². The van der Waals surface area contributed by atoms with Crippen molar-refractivity contribution in [2.45, 2.75) is 38.9 Å². The molecule has 1 amide bonds. The van der Waals surface area contributed by atoms with Gasteiger partial charge in [0.25, 0.3) is 11.8 Å². The average molecular weight is 520 g/mol. The van der Waals surface area contributed by atoms with Crippen molar-refractivity contribution < 1.29 is 14.0 Å². The van der Waals surface area contributed by atoms with Crippen LogP contribution in [-0.4, -0.2) is 60.3 Å². The van der Waals surface area contributed by atoms with Crippen molar-refractivity contribution in [2.24, 2.45) is 15.6 Å². The number of rotatable bonds is 6. The van der Waals surface area contributed by atoms with Crippen LogP contribution in [0.15, 0.2) is 46.7 Å². The number of amides is 1. The number of piperidine rings is 1. The van der Waals surface area contributed by atoms with Crippen LogP contribution in [0, 0.1) is 5.41 Å². The van der Waals surface area contributed by atoms with E-state index in [-0.39, 0.29) is 23.8 Å². The Balaban J connectivity index is 1.30. The second kappa shape index (κ2) is 10.1. The van der Waals surface area contributed by atoms with E-state index < -0.39 is 5.67 Å². The summed E-state index contributed by atoms with van der Waals surface area (Å²) in [5.74, 6) is 0.723. The molecule has 2 aromatic rings. The molecule has 1 aromatic heterocycles. The standard InChI is InChI=1S/C25H28Cl2FN5O2/c1-24(2,28)23(35-29-3)31-14-17-4-7-21(30-13-17)33-15-25(16-33)8-10-32(11-9-25)22(34)19-6-5-18(26)12-20(19)27/h4-7,12-13H,3,8-11,14-16H2,1-2H3. The van der Waals surface area contributed by atoms with Crippen LogP contribution in [0.1, 0.15) is 42.6 Å². The Hall–Kier alpha value is -2.71. The van der Waals surface area contributed by atoms with Crippen LogP contribution >= 0.6 is 23.2 Å². The first kappa shape index (κ1) is 25.4. The minimum absolute atomic E-state index is 0.0498. The van der Waals surface area contributed by atoms with Gasteiger partial charge in [0.2, 0.25) is 0 Å². The highest BCUT2D eigenvalue weighted by Crippen LogP contribution is 2.42. The summed E-state index contributed by atoms with van der Waals surface area (Å²) < 4.78 is 14.1. The predicted octanol–water partition coefficient (Wildman–Crippen LogP) is 5.41. The van der Waals surface area contributed by atoms with Gasteiger partial charge in [-0.3, -0.25) is 4.79 Å². The Labute approximate surface area is 214 Å². The number of aliphatic imine (C=N–C) groups is 1. The first-order valence-corrected chi connectivity index (χ1v) is 12.2. The Morgan fingerprint density at radius 3 is 2.51 bits per heavy atom. The third-order valence-electron chi connectivity index (χ3n) is 6.52. The van der Waals surface area contributed by atoms with Crippen molar-refractivity contribution in [1.29, 1.82) is 0 Å². The highest BCUT2D eigenvalue weighted by molar-refractivity contribution is 6.36. The summed E-state index contributed by atoms with van der Waals surface area (Å²) in [4.78, 5) is 30.6. The quantitative estimate of drug-likeness (QED) is 0.290. The number of aromatic nitrogens is 1. The number of pyridine rings is 1. The Kier molecular flexibility index (Phi) is 7.33. The van der Waals surface area contributed by atoms with Crippen molar-refractivity contribution >= 4 is 47.5 Å². The SMILES string of the molecule is C=NOC(=NCc1ccc(N2CC3(CCN(C(=O)c4ccc(Cl)cc4Cl)CC3)C2)nc1)C(C)(C)F. The van der Waals surface area contributed by atoms with E-state index in [0.717, 1.165) is 37.3 Å². The predicted molar refractivity (Wildman–Crippen MR) is 137 cm³/mol. The molecule has 2 aliphatic heterocycles. The third kappa shape index (κ3) is 5.76. The number of carbonyl (C=O) groups excluding carboxylic acids is 1. The monoisotopic (exact) mass is 519 g/mol. The molecule has 186 valence electrons. The van der Waals surface area contributed by atoms with E-state index in [1.165, 1.54) is 13.8 Å². The summed E-state index contributed by atoms with van der Waals surface area (Å²) in [6, 6.07) is 8.85.